The molecule has 0 unspecified atom stereocenters. The van der Waals surface area contributed by atoms with E-state index in [9.17, 15) is 13.2 Å². The van der Waals surface area contributed by atoms with E-state index in [1.165, 1.54) is 7.05 Å². The molecule has 7 nitrogen and oxygen atoms in total. The van der Waals surface area contributed by atoms with Gasteiger partial charge in [0.2, 0.25) is 5.88 Å². The maximum absolute atomic E-state index is 10.9. The van der Waals surface area contributed by atoms with Crippen molar-refractivity contribution in [2.45, 2.75) is 18.4 Å². The molecule has 0 saturated heterocycles. The standard InChI is InChI=1S/C7H11N3O4S/c1-3-7(11)14-6-4-5(9-10(6)2)15(8,12)13/h4H,3H2,1-2H3,(H2,8,12,13). The summed E-state index contributed by atoms with van der Waals surface area (Å²) in [7, 11) is -2.42. The van der Waals surface area contributed by atoms with Crippen LogP contribution in [-0.4, -0.2) is 24.2 Å². The van der Waals surface area contributed by atoms with Gasteiger partial charge in [0.15, 0.2) is 5.03 Å². The smallest absolute Gasteiger partial charge is 0.312 e. The summed E-state index contributed by atoms with van der Waals surface area (Å²) in [4.78, 5) is 10.9. The van der Waals surface area contributed by atoms with Crippen molar-refractivity contribution in [1.82, 2.24) is 9.78 Å². The van der Waals surface area contributed by atoms with Gasteiger partial charge in [0.1, 0.15) is 0 Å². The fraction of sp³-hybridized carbons (Fsp3) is 0.429. The van der Waals surface area contributed by atoms with Crippen molar-refractivity contribution >= 4 is 16.0 Å². The number of rotatable bonds is 3. The summed E-state index contributed by atoms with van der Waals surface area (Å²) >= 11 is 0. The number of esters is 1. The maximum Gasteiger partial charge on any atom is 0.312 e. The molecular weight excluding hydrogens is 222 g/mol. The Bertz CT molecular complexity index is 476. The summed E-state index contributed by atoms with van der Waals surface area (Å²) in [5.41, 5.74) is 0. The van der Waals surface area contributed by atoms with Gasteiger partial charge in [0.05, 0.1) is 0 Å². The van der Waals surface area contributed by atoms with Gasteiger partial charge in [-0.05, 0) is 0 Å². The van der Waals surface area contributed by atoms with Crippen LogP contribution in [0.5, 0.6) is 5.88 Å². The van der Waals surface area contributed by atoms with Gasteiger partial charge in [-0.15, -0.1) is 0 Å². The van der Waals surface area contributed by atoms with E-state index in [1.807, 2.05) is 0 Å². The molecule has 0 spiro atoms. The van der Waals surface area contributed by atoms with Crippen LogP contribution < -0.4 is 9.88 Å². The summed E-state index contributed by atoms with van der Waals surface area (Å²) < 4.78 is 27.8. The highest BCUT2D eigenvalue weighted by Crippen LogP contribution is 2.15. The van der Waals surface area contributed by atoms with Gasteiger partial charge in [0, 0.05) is 19.5 Å². The predicted molar refractivity (Wildman–Crippen MR) is 50.5 cm³/mol. The summed E-state index contributed by atoms with van der Waals surface area (Å²) in [6.45, 7) is 1.62. The van der Waals surface area contributed by atoms with E-state index in [-0.39, 0.29) is 17.3 Å². The monoisotopic (exact) mass is 233 g/mol. The molecule has 0 amide bonds. The second-order valence-electron chi connectivity index (χ2n) is 2.82. The molecule has 0 atom stereocenters. The van der Waals surface area contributed by atoms with Crippen LogP contribution in [0.25, 0.3) is 0 Å². The van der Waals surface area contributed by atoms with Crippen LogP contribution in [0.4, 0.5) is 0 Å². The first-order chi connectivity index (χ1) is 6.84. The number of carbonyl (C=O) groups is 1. The zero-order valence-corrected chi connectivity index (χ0v) is 9.11. The molecule has 0 aliphatic rings. The lowest BCUT2D eigenvalue weighted by atomic mass is 10.5. The number of nitrogens with two attached hydrogens (primary N) is 1. The van der Waals surface area contributed by atoms with E-state index in [0.717, 1.165) is 10.7 Å². The second kappa shape index (κ2) is 3.99. The van der Waals surface area contributed by atoms with Crippen LogP contribution in [0.15, 0.2) is 11.1 Å². The van der Waals surface area contributed by atoms with Gasteiger partial charge in [-0.1, -0.05) is 6.92 Å². The lowest BCUT2D eigenvalue weighted by Gasteiger charge is -2.00. The lowest BCUT2D eigenvalue weighted by Crippen LogP contribution is -2.13. The summed E-state index contributed by atoms with van der Waals surface area (Å²) in [6.07, 6.45) is 0.190. The Morgan fingerprint density at radius 1 is 1.67 bits per heavy atom. The quantitative estimate of drug-likeness (QED) is 0.701. The third-order valence-electron chi connectivity index (χ3n) is 1.61. The SMILES string of the molecule is CCC(=O)Oc1cc(S(N)(=O)=O)nn1C. The largest absolute Gasteiger partial charge is 0.408 e. The Kier molecular flexibility index (Phi) is 3.10. The number of hydrogen-bond donors (Lipinski definition) is 1. The van der Waals surface area contributed by atoms with E-state index in [4.69, 9.17) is 9.88 Å². The van der Waals surface area contributed by atoms with Gasteiger partial charge in [-0.25, -0.2) is 18.2 Å². The molecule has 15 heavy (non-hydrogen) atoms. The number of hydrogen-bond acceptors (Lipinski definition) is 5. The molecular formula is C7H11N3O4S. The van der Waals surface area contributed by atoms with Crippen molar-refractivity contribution in [3.63, 3.8) is 0 Å². The fourth-order valence-corrected chi connectivity index (χ4v) is 1.35. The third kappa shape index (κ3) is 2.77. The highest BCUT2D eigenvalue weighted by molar-refractivity contribution is 7.89. The van der Waals surface area contributed by atoms with Crippen LogP contribution in [0.1, 0.15) is 13.3 Å². The van der Waals surface area contributed by atoms with E-state index in [1.54, 1.807) is 6.92 Å². The normalized spacial score (nSPS) is 11.4. The van der Waals surface area contributed by atoms with E-state index in [0.29, 0.717) is 0 Å². The molecule has 2 N–H and O–H groups in total. The minimum Gasteiger partial charge on any atom is -0.408 e. The zero-order valence-electron chi connectivity index (χ0n) is 8.30. The van der Waals surface area contributed by atoms with Crippen LogP contribution >= 0.6 is 0 Å². The van der Waals surface area contributed by atoms with E-state index < -0.39 is 16.0 Å². The number of primary sulfonamides is 1. The van der Waals surface area contributed by atoms with Crippen LogP contribution in [-0.2, 0) is 21.9 Å². The number of nitrogens with zero attached hydrogens (tertiary/aromatic N) is 2. The third-order valence-corrected chi connectivity index (χ3v) is 2.40. The average molecular weight is 233 g/mol. The molecule has 0 aliphatic heterocycles. The van der Waals surface area contributed by atoms with Crippen molar-refractivity contribution < 1.29 is 17.9 Å². The molecule has 0 bridgehead atoms. The zero-order chi connectivity index (χ0) is 11.6. The Balaban J connectivity index is 3.02. The fourth-order valence-electron chi connectivity index (χ4n) is 0.848. The topological polar surface area (TPSA) is 104 Å². The summed E-state index contributed by atoms with van der Waals surface area (Å²) in [6, 6.07) is 1.10. The van der Waals surface area contributed by atoms with Crippen molar-refractivity contribution in [2.24, 2.45) is 12.2 Å². The van der Waals surface area contributed by atoms with Crippen molar-refractivity contribution in [3.8, 4) is 5.88 Å². The number of aromatic nitrogens is 2. The number of carbonyl (C=O) groups excluding carboxylic acids is 1. The maximum atomic E-state index is 10.9. The van der Waals surface area contributed by atoms with Gasteiger partial charge in [-0.2, -0.15) is 5.10 Å². The molecule has 0 fully saturated rings. The molecule has 0 radical (unpaired) electrons. The second-order valence-corrected chi connectivity index (χ2v) is 4.33. The van der Waals surface area contributed by atoms with E-state index in [2.05, 4.69) is 5.10 Å². The molecule has 1 rings (SSSR count). The van der Waals surface area contributed by atoms with Gasteiger partial charge >= 0.3 is 5.97 Å². The number of sulfonamides is 1. The van der Waals surface area contributed by atoms with Crippen LogP contribution in [0.2, 0.25) is 0 Å². The molecule has 1 aromatic rings. The molecule has 0 aliphatic carbocycles. The first-order valence-electron chi connectivity index (χ1n) is 4.12. The molecule has 84 valence electrons. The highest BCUT2D eigenvalue weighted by Gasteiger charge is 2.16. The number of ether oxygens (including phenoxy) is 1. The van der Waals surface area contributed by atoms with Gasteiger partial charge in [-0.3, -0.25) is 4.79 Å². The summed E-state index contributed by atoms with van der Waals surface area (Å²) in [5.74, 6) is -0.426. The molecule has 0 aromatic carbocycles. The summed E-state index contributed by atoms with van der Waals surface area (Å²) in [5, 5.41) is 8.12. The van der Waals surface area contributed by atoms with Crippen LogP contribution in [0.3, 0.4) is 0 Å². The Labute approximate surface area is 86.9 Å². The van der Waals surface area contributed by atoms with Crippen molar-refractivity contribution in [1.29, 1.82) is 0 Å². The molecule has 1 aromatic heterocycles. The number of aryl methyl sites for hydroxylation is 1. The Morgan fingerprint density at radius 3 is 2.67 bits per heavy atom. The first-order valence-corrected chi connectivity index (χ1v) is 5.66. The predicted octanol–water partition coefficient (Wildman–Crippen LogP) is -0.617. The Morgan fingerprint density at radius 2 is 2.27 bits per heavy atom. The van der Waals surface area contributed by atoms with Gasteiger partial charge in [0.25, 0.3) is 10.0 Å². The van der Waals surface area contributed by atoms with Crippen molar-refractivity contribution in [2.75, 3.05) is 0 Å². The van der Waals surface area contributed by atoms with Crippen LogP contribution in [0, 0.1) is 0 Å². The Hall–Kier alpha value is -1.41. The molecule has 8 heteroatoms. The molecule has 1 heterocycles. The van der Waals surface area contributed by atoms with Gasteiger partial charge < -0.3 is 4.74 Å². The average Bonchev–Trinajstić information content (AvgIpc) is 2.47. The minimum atomic E-state index is -3.87. The minimum absolute atomic E-state index is 0.0471. The highest BCUT2D eigenvalue weighted by atomic mass is 32.2. The van der Waals surface area contributed by atoms with E-state index >= 15 is 0 Å². The lowest BCUT2D eigenvalue weighted by molar-refractivity contribution is -0.134. The first kappa shape index (κ1) is 11.7. The van der Waals surface area contributed by atoms with Crippen molar-refractivity contribution in [3.05, 3.63) is 6.07 Å². The molecule has 0 saturated carbocycles.